The Balaban J connectivity index is 1.82. The second-order valence-corrected chi connectivity index (χ2v) is 6.78. The number of hydrogen-bond donors (Lipinski definition) is 3. The van der Waals surface area contributed by atoms with Crippen LogP contribution >= 0.6 is 0 Å². The summed E-state index contributed by atoms with van der Waals surface area (Å²) >= 11 is 0. The van der Waals surface area contributed by atoms with Gasteiger partial charge in [-0.15, -0.1) is 0 Å². The van der Waals surface area contributed by atoms with Crippen LogP contribution in [0.1, 0.15) is 12.5 Å². The van der Waals surface area contributed by atoms with Crippen molar-refractivity contribution >= 4 is 10.8 Å². The number of aliphatic hydroxyl groups excluding tert-OH is 2. The molecule has 0 atom stereocenters. The van der Waals surface area contributed by atoms with Gasteiger partial charge in [-0.05, 0) is 45.5 Å². The molecular weight excluding hydrogens is 298 g/mol. The van der Waals surface area contributed by atoms with Crippen LogP contribution in [0.5, 0.6) is 0 Å². The van der Waals surface area contributed by atoms with Gasteiger partial charge in [0.1, 0.15) is 0 Å². The molecule has 3 aromatic carbocycles. The average Bonchev–Trinajstić information content (AvgIpc) is 2.97. The van der Waals surface area contributed by atoms with Crippen LogP contribution in [-0.2, 0) is 6.54 Å². The van der Waals surface area contributed by atoms with E-state index in [1.807, 2.05) is 6.92 Å². The molecule has 122 valence electrons. The van der Waals surface area contributed by atoms with Crippen molar-refractivity contribution in [3.05, 3.63) is 60.2 Å². The molecule has 3 aromatic rings. The number of nitrogens with one attached hydrogen (secondary N) is 1. The molecule has 0 saturated heterocycles. The fourth-order valence-electron chi connectivity index (χ4n) is 3.53. The summed E-state index contributed by atoms with van der Waals surface area (Å²) in [7, 11) is 0. The van der Waals surface area contributed by atoms with Crippen LogP contribution in [0.15, 0.2) is 54.6 Å². The smallest absolute Gasteiger partial charge is 0.0633 e. The normalized spacial score (nSPS) is 12.6. The second-order valence-electron chi connectivity index (χ2n) is 6.78. The Morgan fingerprint density at radius 3 is 2.17 bits per heavy atom. The lowest BCUT2D eigenvalue weighted by atomic mass is 9.97. The predicted octanol–water partition coefficient (Wildman–Crippen LogP) is 3.32. The van der Waals surface area contributed by atoms with E-state index in [2.05, 4.69) is 59.9 Å². The van der Waals surface area contributed by atoms with Gasteiger partial charge in [0.2, 0.25) is 0 Å². The zero-order valence-corrected chi connectivity index (χ0v) is 13.7. The monoisotopic (exact) mass is 319 g/mol. The maximum atomic E-state index is 9.50. The van der Waals surface area contributed by atoms with Gasteiger partial charge < -0.3 is 15.5 Å². The highest BCUT2D eigenvalue weighted by Gasteiger charge is 2.25. The van der Waals surface area contributed by atoms with Gasteiger partial charge in [-0.1, -0.05) is 54.6 Å². The van der Waals surface area contributed by atoms with Crippen molar-refractivity contribution in [3.63, 3.8) is 0 Å². The van der Waals surface area contributed by atoms with E-state index in [-0.39, 0.29) is 13.2 Å². The van der Waals surface area contributed by atoms with Crippen LogP contribution in [0, 0.1) is 0 Å². The molecule has 0 saturated carbocycles. The summed E-state index contributed by atoms with van der Waals surface area (Å²) in [5.41, 5.74) is 5.58. The first-order chi connectivity index (χ1) is 11.7. The third-order valence-electron chi connectivity index (χ3n) is 5.02. The highest BCUT2D eigenvalue weighted by atomic mass is 16.3. The number of aliphatic hydroxyl groups is 2. The fraction of sp³-hybridized carbons (Fsp3) is 0.238. The third-order valence-corrected chi connectivity index (χ3v) is 5.02. The molecule has 0 aromatic heterocycles. The maximum Gasteiger partial charge on any atom is 0.0633 e. The first-order valence-electron chi connectivity index (χ1n) is 8.28. The molecular formula is C21H21NO2. The molecule has 0 fully saturated rings. The average molecular weight is 319 g/mol. The molecule has 0 radical (unpaired) electrons. The lowest BCUT2D eigenvalue weighted by Gasteiger charge is -2.27. The molecule has 0 spiro atoms. The van der Waals surface area contributed by atoms with E-state index in [1.54, 1.807) is 0 Å². The largest absolute Gasteiger partial charge is 0.394 e. The summed E-state index contributed by atoms with van der Waals surface area (Å²) in [4.78, 5) is 0. The number of benzene rings is 3. The van der Waals surface area contributed by atoms with Gasteiger partial charge in [0.25, 0.3) is 0 Å². The predicted molar refractivity (Wildman–Crippen MR) is 97.8 cm³/mol. The highest BCUT2D eigenvalue weighted by Crippen LogP contribution is 2.48. The van der Waals surface area contributed by atoms with Crippen molar-refractivity contribution in [2.45, 2.75) is 19.0 Å². The van der Waals surface area contributed by atoms with Gasteiger partial charge in [0, 0.05) is 6.54 Å². The van der Waals surface area contributed by atoms with Crippen LogP contribution in [0.3, 0.4) is 0 Å². The highest BCUT2D eigenvalue weighted by molar-refractivity contribution is 6.15. The van der Waals surface area contributed by atoms with Crippen molar-refractivity contribution in [2.24, 2.45) is 0 Å². The van der Waals surface area contributed by atoms with E-state index in [1.165, 1.54) is 38.6 Å². The third kappa shape index (κ3) is 2.25. The van der Waals surface area contributed by atoms with E-state index in [9.17, 15) is 10.2 Å². The topological polar surface area (TPSA) is 52.5 Å². The molecule has 3 N–H and O–H groups in total. The quantitative estimate of drug-likeness (QED) is 0.529. The summed E-state index contributed by atoms with van der Waals surface area (Å²) in [5.74, 6) is 0. The van der Waals surface area contributed by atoms with Crippen molar-refractivity contribution < 1.29 is 10.2 Å². The SMILES string of the molecule is CC(CO)(CO)NCc1cccc2c1-c1cccc3cccc-2c13. The Labute approximate surface area is 141 Å². The van der Waals surface area contributed by atoms with E-state index in [4.69, 9.17) is 0 Å². The van der Waals surface area contributed by atoms with Crippen LogP contribution in [-0.4, -0.2) is 29.0 Å². The second kappa shape index (κ2) is 5.71. The number of rotatable bonds is 5. The lowest BCUT2D eigenvalue weighted by Crippen LogP contribution is -2.48. The van der Waals surface area contributed by atoms with Gasteiger partial charge in [-0.3, -0.25) is 0 Å². The first-order valence-corrected chi connectivity index (χ1v) is 8.28. The minimum atomic E-state index is -0.680. The van der Waals surface area contributed by atoms with Gasteiger partial charge in [-0.2, -0.15) is 0 Å². The maximum absolute atomic E-state index is 9.50. The zero-order chi connectivity index (χ0) is 16.7. The number of hydrogen-bond acceptors (Lipinski definition) is 3. The standard InChI is InChI=1S/C21H21NO2/c1-21(12-23,13-24)22-11-15-7-4-9-17-16-8-2-5-14-6-3-10-18(19(14)16)20(15)17/h2-10,22-24H,11-13H2,1H3. The Hall–Kier alpha value is -2.20. The van der Waals surface area contributed by atoms with Crippen molar-refractivity contribution in [3.8, 4) is 22.3 Å². The molecule has 0 unspecified atom stereocenters. The molecule has 1 aliphatic rings. The van der Waals surface area contributed by atoms with Crippen LogP contribution in [0.4, 0.5) is 0 Å². The molecule has 0 heterocycles. The Morgan fingerprint density at radius 1 is 0.833 bits per heavy atom. The molecule has 0 amide bonds. The Kier molecular flexibility index (Phi) is 3.65. The van der Waals surface area contributed by atoms with Crippen LogP contribution in [0.2, 0.25) is 0 Å². The molecule has 3 nitrogen and oxygen atoms in total. The van der Waals surface area contributed by atoms with E-state index in [0.29, 0.717) is 6.54 Å². The van der Waals surface area contributed by atoms with Crippen LogP contribution in [0.25, 0.3) is 33.0 Å². The molecule has 0 bridgehead atoms. The van der Waals surface area contributed by atoms with E-state index >= 15 is 0 Å². The van der Waals surface area contributed by atoms with Crippen LogP contribution < -0.4 is 5.32 Å². The molecule has 3 heteroatoms. The fourth-order valence-corrected chi connectivity index (χ4v) is 3.53. The first kappa shape index (κ1) is 15.3. The van der Waals surface area contributed by atoms with Gasteiger partial charge in [-0.25, -0.2) is 0 Å². The minimum Gasteiger partial charge on any atom is -0.394 e. The lowest BCUT2D eigenvalue weighted by molar-refractivity contribution is 0.103. The summed E-state index contributed by atoms with van der Waals surface area (Å²) in [6.07, 6.45) is 0. The Morgan fingerprint density at radius 2 is 1.46 bits per heavy atom. The summed E-state index contributed by atoms with van der Waals surface area (Å²) in [5, 5.41) is 24.9. The molecule has 24 heavy (non-hydrogen) atoms. The van der Waals surface area contributed by atoms with E-state index < -0.39 is 5.54 Å². The van der Waals surface area contributed by atoms with Gasteiger partial charge >= 0.3 is 0 Å². The van der Waals surface area contributed by atoms with E-state index in [0.717, 1.165) is 0 Å². The molecule has 4 rings (SSSR count). The summed E-state index contributed by atoms with van der Waals surface area (Å²) < 4.78 is 0. The van der Waals surface area contributed by atoms with Crippen molar-refractivity contribution in [1.29, 1.82) is 0 Å². The summed E-state index contributed by atoms with van der Waals surface area (Å²) in [6, 6.07) is 19.2. The number of fused-ring (bicyclic) bond motifs is 3. The molecule has 1 aliphatic carbocycles. The zero-order valence-electron chi connectivity index (χ0n) is 13.7. The molecule has 0 aliphatic heterocycles. The van der Waals surface area contributed by atoms with Crippen molar-refractivity contribution in [2.75, 3.05) is 13.2 Å². The summed E-state index contributed by atoms with van der Waals surface area (Å²) in [6.45, 7) is 2.22. The Bertz CT molecular complexity index is 908. The van der Waals surface area contributed by atoms with Gasteiger partial charge in [0.15, 0.2) is 0 Å². The van der Waals surface area contributed by atoms with Gasteiger partial charge in [0.05, 0.1) is 18.8 Å². The van der Waals surface area contributed by atoms with Crippen molar-refractivity contribution in [1.82, 2.24) is 5.32 Å². The minimum absolute atomic E-state index is 0.103.